The number of carbonyl (C=O) groups excluding carboxylic acids is 1. The number of pyridine rings is 1. The number of aliphatic imine (C=N–C) groups is 1. The van der Waals surface area contributed by atoms with Crippen LogP contribution in [0.3, 0.4) is 0 Å². The highest BCUT2D eigenvalue weighted by Crippen LogP contribution is 2.30. The minimum absolute atomic E-state index is 0.00984. The van der Waals surface area contributed by atoms with Crippen LogP contribution in [0.15, 0.2) is 17.3 Å². The molecule has 0 unspecified atom stereocenters. The molecule has 0 bridgehead atoms. The summed E-state index contributed by atoms with van der Waals surface area (Å²) in [5.41, 5.74) is 2.06. The number of hydrogen-bond donors (Lipinski definition) is 0. The first-order valence-electron chi connectivity index (χ1n) is 12.9. The van der Waals surface area contributed by atoms with Crippen LogP contribution in [-0.2, 0) is 24.1 Å². The minimum Gasteiger partial charge on any atom is -0.471 e. The van der Waals surface area contributed by atoms with Crippen molar-refractivity contribution in [2.45, 2.75) is 64.7 Å². The van der Waals surface area contributed by atoms with Crippen LogP contribution in [0.2, 0.25) is 0 Å². The first kappa shape index (κ1) is 27.3. The summed E-state index contributed by atoms with van der Waals surface area (Å²) < 4.78 is 30.2. The number of thiazole rings is 1. The number of alkyl halides is 2. The van der Waals surface area contributed by atoms with E-state index in [1.165, 1.54) is 0 Å². The van der Waals surface area contributed by atoms with Gasteiger partial charge in [-0.05, 0) is 75.5 Å². The summed E-state index contributed by atoms with van der Waals surface area (Å²) in [6.07, 6.45) is 8.38. The Morgan fingerprint density at radius 1 is 1.32 bits per heavy atom. The van der Waals surface area contributed by atoms with Crippen LogP contribution in [0.1, 0.15) is 58.8 Å². The summed E-state index contributed by atoms with van der Waals surface area (Å²) in [6, 6.07) is 3.77. The molecule has 2 aliphatic rings. The molecule has 198 valence electrons. The van der Waals surface area contributed by atoms with E-state index in [2.05, 4.69) is 19.9 Å². The number of fused-ring (bicyclic) bond motifs is 1. The van der Waals surface area contributed by atoms with Crippen LogP contribution in [0, 0.1) is 30.1 Å². The molecule has 2 aromatic heterocycles. The van der Waals surface area contributed by atoms with E-state index in [4.69, 9.17) is 4.74 Å². The van der Waals surface area contributed by atoms with E-state index in [0.717, 1.165) is 79.3 Å². The number of nitriles is 1. The second-order valence-corrected chi connectivity index (χ2v) is 11.2. The molecular weight excluding hydrogens is 496 g/mol. The third kappa shape index (κ3) is 8.11. The molecule has 2 aromatic rings. The first-order valence-corrected chi connectivity index (χ1v) is 13.8. The SMILES string of the molecule is Cc1ncc(CC(=O)N=CC2CCC(CCN3CCc4cc(C#N)c(OCC(F)F)nc4CC3)CC2)s1. The van der Waals surface area contributed by atoms with E-state index in [-0.39, 0.29) is 17.4 Å². The minimum atomic E-state index is -2.61. The Morgan fingerprint density at radius 3 is 2.81 bits per heavy atom. The van der Waals surface area contributed by atoms with Gasteiger partial charge in [-0.3, -0.25) is 4.79 Å². The zero-order valence-corrected chi connectivity index (χ0v) is 22.0. The van der Waals surface area contributed by atoms with Crippen molar-refractivity contribution in [3.8, 4) is 11.9 Å². The fraction of sp³-hybridized carbons (Fsp3) is 0.593. The maximum absolute atomic E-state index is 12.6. The zero-order valence-electron chi connectivity index (χ0n) is 21.2. The normalized spacial score (nSPS) is 20.5. The predicted molar refractivity (Wildman–Crippen MR) is 138 cm³/mol. The molecule has 1 aliphatic carbocycles. The quantitative estimate of drug-likeness (QED) is 0.434. The van der Waals surface area contributed by atoms with Gasteiger partial charge in [-0.15, -0.1) is 11.3 Å². The molecule has 4 rings (SSSR count). The largest absolute Gasteiger partial charge is 0.471 e. The molecule has 0 N–H and O–H groups in total. The number of nitrogens with zero attached hydrogens (tertiary/aromatic N) is 5. The third-order valence-electron chi connectivity index (χ3n) is 7.15. The lowest BCUT2D eigenvalue weighted by atomic mass is 9.81. The molecule has 0 radical (unpaired) electrons. The number of aryl methyl sites for hydroxylation is 1. The molecule has 3 heterocycles. The highest BCUT2D eigenvalue weighted by molar-refractivity contribution is 7.11. The van der Waals surface area contributed by atoms with Crippen molar-refractivity contribution in [1.29, 1.82) is 5.26 Å². The molecule has 0 atom stereocenters. The smallest absolute Gasteiger partial charge is 0.272 e. The molecule has 10 heteroatoms. The molecule has 1 fully saturated rings. The summed E-state index contributed by atoms with van der Waals surface area (Å²) in [6.45, 7) is 3.92. The van der Waals surface area contributed by atoms with E-state index in [1.54, 1.807) is 23.6 Å². The summed E-state index contributed by atoms with van der Waals surface area (Å²) in [7, 11) is 0. The van der Waals surface area contributed by atoms with Crippen molar-refractivity contribution in [1.82, 2.24) is 14.9 Å². The van der Waals surface area contributed by atoms with Crippen LogP contribution in [0.25, 0.3) is 0 Å². The fourth-order valence-corrected chi connectivity index (χ4v) is 5.86. The average molecular weight is 530 g/mol. The number of halogens is 2. The van der Waals surface area contributed by atoms with Crippen LogP contribution in [-0.4, -0.2) is 59.7 Å². The van der Waals surface area contributed by atoms with Crippen molar-refractivity contribution < 1.29 is 18.3 Å². The maximum Gasteiger partial charge on any atom is 0.272 e. The molecule has 37 heavy (non-hydrogen) atoms. The van der Waals surface area contributed by atoms with Crippen LogP contribution < -0.4 is 4.74 Å². The van der Waals surface area contributed by atoms with Gasteiger partial charge < -0.3 is 9.64 Å². The van der Waals surface area contributed by atoms with Gasteiger partial charge in [0, 0.05) is 42.5 Å². The highest BCUT2D eigenvalue weighted by Gasteiger charge is 2.23. The molecule has 7 nitrogen and oxygen atoms in total. The molecule has 0 aromatic carbocycles. The maximum atomic E-state index is 12.6. The number of carbonyl (C=O) groups is 1. The second-order valence-electron chi connectivity index (χ2n) is 9.87. The standard InChI is InChI=1S/C27H33F2N5O2S/c1-18-31-16-23(37-18)13-26(35)32-15-20-4-2-19(3-5-20)6-9-34-10-7-21-12-22(14-30)27(36-17-25(28)29)33-24(21)8-11-34/h12,15-16,19-20,25H,2-11,13,17H2,1H3. The van der Waals surface area contributed by atoms with Gasteiger partial charge in [-0.2, -0.15) is 5.26 Å². The van der Waals surface area contributed by atoms with Gasteiger partial charge in [-0.25, -0.2) is 23.7 Å². The Labute approximate surface area is 220 Å². The van der Waals surface area contributed by atoms with Crippen LogP contribution in [0.4, 0.5) is 8.78 Å². The van der Waals surface area contributed by atoms with Gasteiger partial charge in [0.2, 0.25) is 5.88 Å². The predicted octanol–water partition coefficient (Wildman–Crippen LogP) is 4.80. The molecule has 1 aliphatic heterocycles. The Kier molecular flexibility index (Phi) is 9.69. The van der Waals surface area contributed by atoms with Crippen molar-refractivity contribution in [2.75, 3.05) is 26.2 Å². The topological polar surface area (TPSA) is 91.5 Å². The van der Waals surface area contributed by atoms with E-state index in [1.807, 2.05) is 19.2 Å². The van der Waals surface area contributed by atoms with Crippen molar-refractivity contribution in [3.63, 3.8) is 0 Å². The van der Waals surface area contributed by atoms with Gasteiger partial charge in [0.05, 0.1) is 11.4 Å². The zero-order chi connectivity index (χ0) is 26.2. The number of ether oxygens (including phenoxy) is 1. The van der Waals surface area contributed by atoms with Gasteiger partial charge in [0.15, 0.2) is 6.61 Å². The van der Waals surface area contributed by atoms with E-state index in [9.17, 15) is 18.8 Å². The van der Waals surface area contributed by atoms with E-state index in [0.29, 0.717) is 24.7 Å². The Bertz CT molecular complexity index is 1140. The second kappa shape index (κ2) is 13.2. The third-order valence-corrected chi connectivity index (χ3v) is 8.07. The lowest BCUT2D eigenvalue weighted by Crippen LogP contribution is -2.29. The van der Waals surface area contributed by atoms with Gasteiger partial charge >= 0.3 is 0 Å². The van der Waals surface area contributed by atoms with Crippen molar-refractivity contribution in [3.05, 3.63) is 39.0 Å². The monoisotopic (exact) mass is 529 g/mol. The molecule has 1 saturated carbocycles. The Morgan fingerprint density at radius 2 is 2.11 bits per heavy atom. The Hall–Kier alpha value is -2.77. The summed E-state index contributed by atoms with van der Waals surface area (Å²) >= 11 is 1.54. The highest BCUT2D eigenvalue weighted by atomic mass is 32.1. The molecule has 0 saturated heterocycles. The van der Waals surface area contributed by atoms with Gasteiger partial charge in [-0.1, -0.05) is 0 Å². The molecule has 0 spiro atoms. The van der Waals surface area contributed by atoms with Gasteiger partial charge in [0.1, 0.15) is 11.6 Å². The number of aromatic nitrogens is 2. The van der Waals surface area contributed by atoms with Crippen LogP contribution in [0.5, 0.6) is 5.88 Å². The van der Waals surface area contributed by atoms with E-state index >= 15 is 0 Å². The lowest BCUT2D eigenvalue weighted by molar-refractivity contribution is -0.117. The van der Waals surface area contributed by atoms with E-state index < -0.39 is 13.0 Å². The van der Waals surface area contributed by atoms with Crippen molar-refractivity contribution in [2.24, 2.45) is 16.8 Å². The lowest BCUT2D eigenvalue weighted by Gasteiger charge is -2.28. The van der Waals surface area contributed by atoms with Gasteiger partial charge in [0.25, 0.3) is 12.3 Å². The van der Waals surface area contributed by atoms with Crippen molar-refractivity contribution >= 4 is 23.5 Å². The summed E-state index contributed by atoms with van der Waals surface area (Å²) in [4.78, 5) is 28.3. The Balaban J connectivity index is 1.19. The fourth-order valence-electron chi connectivity index (χ4n) is 5.08. The molecular formula is C27H33F2N5O2S. The summed E-state index contributed by atoms with van der Waals surface area (Å²) in [5.74, 6) is 0.953. The molecule has 1 amide bonds. The number of amides is 1. The number of rotatable bonds is 9. The first-order chi connectivity index (χ1) is 17.9. The summed E-state index contributed by atoms with van der Waals surface area (Å²) in [5, 5.41) is 10.3. The number of hydrogen-bond acceptors (Lipinski definition) is 7. The average Bonchev–Trinajstić information content (AvgIpc) is 3.19. The van der Waals surface area contributed by atoms with Crippen LogP contribution >= 0.6 is 11.3 Å².